The SMILES string of the molecule is COC(=O)c1cc(-c2cccc(NC(=O)c3ccc(/C=C/C(=O)c4cc(F)ccc4F)cc3)c2)on1. The molecule has 36 heavy (non-hydrogen) atoms. The van der Waals surface area contributed by atoms with Crippen molar-refractivity contribution >= 4 is 29.4 Å². The van der Waals surface area contributed by atoms with Gasteiger partial charge >= 0.3 is 5.97 Å². The third kappa shape index (κ3) is 5.58. The van der Waals surface area contributed by atoms with E-state index >= 15 is 0 Å². The molecule has 4 aromatic rings. The Bertz CT molecular complexity index is 1480. The first kappa shape index (κ1) is 24.2. The van der Waals surface area contributed by atoms with Crippen LogP contribution < -0.4 is 5.32 Å². The van der Waals surface area contributed by atoms with Crippen molar-refractivity contribution in [2.24, 2.45) is 0 Å². The Hall–Kier alpha value is -4.92. The molecule has 7 nitrogen and oxygen atoms in total. The smallest absolute Gasteiger partial charge is 0.360 e. The molecular formula is C27H18F2N2O5. The molecule has 0 aliphatic carbocycles. The van der Waals surface area contributed by atoms with E-state index in [1.807, 2.05) is 0 Å². The molecule has 0 bridgehead atoms. The molecule has 0 unspecified atom stereocenters. The van der Waals surface area contributed by atoms with Crippen LogP contribution in [0.15, 0.2) is 83.4 Å². The summed E-state index contributed by atoms with van der Waals surface area (Å²) in [6.07, 6.45) is 2.57. The van der Waals surface area contributed by atoms with Gasteiger partial charge in [0.1, 0.15) is 11.6 Å². The molecule has 4 rings (SSSR count). The zero-order chi connectivity index (χ0) is 25.7. The van der Waals surface area contributed by atoms with Crippen molar-refractivity contribution in [1.82, 2.24) is 5.16 Å². The molecule has 3 aromatic carbocycles. The van der Waals surface area contributed by atoms with E-state index in [1.54, 1.807) is 48.5 Å². The number of allylic oxidation sites excluding steroid dienone is 1. The minimum atomic E-state index is -0.811. The largest absolute Gasteiger partial charge is 0.464 e. The molecule has 0 saturated carbocycles. The molecule has 0 aliphatic rings. The lowest BCUT2D eigenvalue weighted by molar-refractivity contribution is 0.0589. The summed E-state index contributed by atoms with van der Waals surface area (Å²) >= 11 is 0. The number of hydrogen-bond acceptors (Lipinski definition) is 6. The van der Waals surface area contributed by atoms with E-state index in [-0.39, 0.29) is 17.2 Å². The first-order valence-corrected chi connectivity index (χ1v) is 10.6. The van der Waals surface area contributed by atoms with Gasteiger partial charge in [-0.25, -0.2) is 13.6 Å². The number of nitrogens with one attached hydrogen (secondary N) is 1. The van der Waals surface area contributed by atoms with Crippen LogP contribution in [0.5, 0.6) is 0 Å². The number of carbonyl (C=O) groups excluding carboxylic acids is 3. The number of nitrogens with zero attached hydrogens (tertiary/aromatic N) is 1. The van der Waals surface area contributed by atoms with Crippen LogP contribution in [-0.4, -0.2) is 29.9 Å². The number of benzene rings is 3. The molecule has 0 atom stereocenters. The summed E-state index contributed by atoms with van der Waals surface area (Å²) in [4.78, 5) is 36.4. The van der Waals surface area contributed by atoms with Gasteiger partial charge in [0.2, 0.25) is 0 Å². The van der Waals surface area contributed by atoms with Crippen LogP contribution in [-0.2, 0) is 4.74 Å². The highest BCUT2D eigenvalue weighted by atomic mass is 19.1. The van der Waals surface area contributed by atoms with Crippen molar-refractivity contribution < 1.29 is 32.4 Å². The Balaban J connectivity index is 1.42. The van der Waals surface area contributed by atoms with Gasteiger partial charge in [-0.05, 0) is 54.1 Å². The van der Waals surface area contributed by atoms with Gasteiger partial charge in [0.25, 0.3) is 5.91 Å². The maximum absolute atomic E-state index is 13.7. The Morgan fingerprint density at radius 3 is 2.50 bits per heavy atom. The fourth-order valence-corrected chi connectivity index (χ4v) is 3.26. The molecule has 9 heteroatoms. The Labute approximate surface area is 204 Å². The van der Waals surface area contributed by atoms with Crippen molar-refractivity contribution in [1.29, 1.82) is 0 Å². The van der Waals surface area contributed by atoms with Crippen molar-refractivity contribution in [2.75, 3.05) is 12.4 Å². The number of amides is 1. The van der Waals surface area contributed by atoms with Gasteiger partial charge in [-0.2, -0.15) is 0 Å². The molecule has 1 heterocycles. The van der Waals surface area contributed by atoms with Crippen LogP contribution in [0.25, 0.3) is 17.4 Å². The Morgan fingerprint density at radius 1 is 0.972 bits per heavy atom. The molecule has 0 fully saturated rings. The van der Waals surface area contributed by atoms with Crippen LogP contribution in [0.3, 0.4) is 0 Å². The standard InChI is InChI=1S/C27H18F2N2O5/c1-35-27(34)23-15-25(36-31-23)18-3-2-4-20(13-18)30-26(33)17-8-5-16(6-9-17)7-12-24(32)21-14-19(28)10-11-22(21)29/h2-15H,1H3,(H,30,33)/b12-7+. The highest BCUT2D eigenvalue weighted by Gasteiger charge is 2.15. The van der Waals surface area contributed by atoms with Crippen LogP contribution in [0.4, 0.5) is 14.5 Å². The van der Waals surface area contributed by atoms with Crippen LogP contribution >= 0.6 is 0 Å². The lowest BCUT2D eigenvalue weighted by Crippen LogP contribution is -2.11. The van der Waals surface area contributed by atoms with Crippen molar-refractivity contribution in [3.8, 4) is 11.3 Å². The summed E-state index contributed by atoms with van der Waals surface area (Å²) in [5.74, 6) is -2.88. The Morgan fingerprint density at radius 2 is 1.75 bits per heavy atom. The van der Waals surface area contributed by atoms with Gasteiger partial charge in [-0.3, -0.25) is 9.59 Å². The van der Waals surface area contributed by atoms with E-state index in [0.717, 1.165) is 24.3 Å². The maximum Gasteiger partial charge on any atom is 0.360 e. The first-order chi connectivity index (χ1) is 17.3. The van der Waals surface area contributed by atoms with Crippen molar-refractivity contribution in [2.45, 2.75) is 0 Å². The first-order valence-electron chi connectivity index (χ1n) is 10.6. The van der Waals surface area contributed by atoms with E-state index in [2.05, 4.69) is 15.2 Å². The number of ether oxygens (including phenoxy) is 1. The number of aromatic nitrogens is 1. The number of hydrogen-bond donors (Lipinski definition) is 1. The predicted octanol–water partition coefficient (Wildman–Crippen LogP) is 5.55. The van der Waals surface area contributed by atoms with Crippen molar-refractivity contribution in [3.63, 3.8) is 0 Å². The molecule has 0 aliphatic heterocycles. The van der Waals surface area contributed by atoms with Gasteiger partial charge in [0.05, 0.1) is 12.7 Å². The van der Waals surface area contributed by atoms with Crippen LogP contribution in [0.2, 0.25) is 0 Å². The lowest BCUT2D eigenvalue weighted by Gasteiger charge is -2.07. The molecule has 0 spiro atoms. The molecule has 1 aromatic heterocycles. The minimum absolute atomic E-state index is 0.0267. The maximum atomic E-state index is 13.7. The minimum Gasteiger partial charge on any atom is -0.464 e. The van der Waals surface area contributed by atoms with Crippen LogP contribution in [0, 0.1) is 11.6 Å². The molecule has 1 amide bonds. The predicted molar refractivity (Wildman–Crippen MR) is 127 cm³/mol. The fourth-order valence-electron chi connectivity index (χ4n) is 3.26. The number of rotatable bonds is 7. The van der Waals surface area contributed by atoms with Gasteiger partial charge in [0.15, 0.2) is 17.2 Å². The summed E-state index contributed by atoms with van der Waals surface area (Å²) in [7, 11) is 1.24. The second-order valence-electron chi connectivity index (χ2n) is 7.55. The lowest BCUT2D eigenvalue weighted by atomic mass is 10.1. The molecule has 1 N–H and O–H groups in total. The fraction of sp³-hybridized carbons (Fsp3) is 0.0370. The molecule has 0 radical (unpaired) electrons. The molecule has 0 saturated heterocycles. The number of methoxy groups -OCH3 is 1. The number of esters is 1. The highest BCUT2D eigenvalue weighted by Crippen LogP contribution is 2.24. The van der Waals surface area contributed by atoms with E-state index in [0.29, 0.717) is 28.1 Å². The monoisotopic (exact) mass is 488 g/mol. The number of anilines is 1. The quantitative estimate of drug-likeness (QED) is 0.208. The normalized spacial score (nSPS) is 10.9. The molecular weight excluding hydrogens is 470 g/mol. The summed E-state index contributed by atoms with van der Waals surface area (Å²) in [5, 5.41) is 6.43. The number of ketones is 1. The third-order valence-electron chi connectivity index (χ3n) is 5.10. The highest BCUT2D eigenvalue weighted by molar-refractivity contribution is 6.07. The van der Waals surface area contributed by atoms with Gasteiger partial charge < -0.3 is 14.6 Å². The second-order valence-corrected chi connectivity index (χ2v) is 7.55. The number of carbonyl (C=O) groups is 3. The topological polar surface area (TPSA) is 98.5 Å². The second kappa shape index (κ2) is 10.6. The number of halogens is 2. The van der Waals surface area contributed by atoms with Crippen LogP contribution in [0.1, 0.15) is 36.8 Å². The summed E-state index contributed by atoms with van der Waals surface area (Å²) in [6.45, 7) is 0. The Kier molecular flexibility index (Phi) is 7.10. The average Bonchev–Trinajstić information content (AvgIpc) is 3.39. The summed E-state index contributed by atoms with van der Waals surface area (Å²) < 4.78 is 36.8. The van der Waals surface area contributed by atoms with E-state index in [9.17, 15) is 23.2 Å². The zero-order valence-corrected chi connectivity index (χ0v) is 18.8. The average molecular weight is 488 g/mol. The van der Waals surface area contributed by atoms with E-state index < -0.39 is 23.4 Å². The van der Waals surface area contributed by atoms with Gasteiger partial charge in [0, 0.05) is 22.9 Å². The summed E-state index contributed by atoms with van der Waals surface area (Å²) in [5.41, 5.74) is 1.68. The van der Waals surface area contributed by atoms with E-state index in [4.69, 9.17) is 4.52 Å². The van der Waals surface area contributed by atoms with E-state index in [1.165, 1.54) is 19.3 Å². The van der Waals surface area contributed by atoms with Gasteiger partial charge in [-0.15, -0.1) is 0 Å². The van der Waals surface area contributed by atoms with Crippen molar-refractivity contribution in [3.05, 3.63) is 113 Å². The van der Waals surface area contributed by atoms with Gasteiger partial charge in [-0.1, -0.05) is 35.5 Å². The summed E-state index contributed by atoms with van der Waals surface area (Å²) in [6, 6.07) is 17.2. The zero-order valence-electron chi connectivity index (χ0n) is 18.8. The molecule has 180 valence electrons. The third-order valence-corrected chi connectivity index (χ3v) is 5.10.